The fourth-order valence-corrected chi connectivity index (χ4v) is 4.63. The fraction of sp³-hybridized carbons (Fsp3) is 0.280. The minimum Gasteiger partial charge on any atom is -0.490 e. The van der Waals surface area contributed by atoms with E-state index in [0.717, 1.165) is 5.56 Å². The van der Waals surface area contributed by atoms with E-state index < -0.39 is 11.8 Å². The molecule has 182 valence electrons. The van der Waals surface area contributed by atoms with Crippen molar-refractivity contribution in [1.82, 2.24) is 9.97 Å². The van der Waals surface area contributed by atoms with Gasteiger partial charge in [0, 0.05) is 18.1 Å². The highest BCUT2D eigenvalue weighted by Crippen LogP contribution is 2.38. The molecule has 10 heteroatoms. The summed E-state index contributed by atoms with van der Waals surface area (Å²) in [5.41, 5.74) is 8.23. The lowest BCUT2D eigenvalue weighted by Crippen LogP contribution is -2.31. The zero-order valence-electron chi connectivity index (χ0n) is 19.4. The Labute approximate surface area is 206 Å². The number of carbonyl (C=O) groups is 2. The van der Waals surface area contributed by atoms with E-state index in [0.29, 0.717) is 40.1 Å². The Bertz CT molecular complexity index is 1310. The molecule has 0 aliphatic carbocycles. The predicted octanol–water partition coefficient (Wildman–Crippen LogP) is 3.11. The number of aromatic nitrogens is 2. The molecule has 0 saturated heterocycles. The highest BCUT2D eigenvalue weighted by molar-refractivity contribution is 7.98. The maximum absolute atomic E-state index is 13.1. The van der Waals surface area contributed by atoms with Gasteiger partial charge in [0.25, 0.3) is 11.5 Å². The number of hydrogen-bond donors (Lipinski definition) is 3. The van der Waals surface area contributed by atoms with Crippen molar-refractivity contribution in [3.8, 4) is 11.5 Å². The fourth-order valence-electron chi connectivity index (χ4n) is 3.82. The number of benzene rings is 2. The molecule has 0 bridgehead atoms. The minimum atomic E-state index is -0.608. The van der Waals surface area contributed by atoms with Crippen LogP contribution in [0.3, 0.4) is 0 Å². The van der Waals surface area contributed by atoms with Gasteiger partial charge in [-0.25, -0.2) is 4.98 Å². The van der Waals surface area contributed by atoms with Crippen molar-refractivity contribution >= 4 is 29.4 Å². The van der Waals surface area contributed by atoms with Gasteiger partial charge in [0.2, 0.25) is 5.91 Å². The molecule has 1 aromatic heterocycles. The van der Waals surface area contributed by atoms with Crippen LogP contribution in [0.4, 0.5) is 5.82 Å². The van der Waals surface area contributed by atoms with Crippen molar-refractivity contribution in [3.05, 3.63) is 75.1 Å². The predicted molar refractivity (Wildman–Crippen MR) is 133 cm³/mol. The Morgan fingerprint density at radius 2 is 1.91 bits per heavy atom. The lowest BCUT2D eigenvalue weighted by molar-refractivity contribution is -0.120. The number of fused-ring (bicyclic) bond motifs is 1. The second-order valence-corrected chi connectivity index (χ2v) is 9.07. The summed E-state index contributed by atoms with van der Waals surface area (Å²) in [6.07, 6.45) is 0.0840. The van der Waals surface area contributed by atoms with Crippen LogP contribution in [0.1, 0.15) is 41.5 Å². The average molecular weight is 495 g/mol. The van der Waals surface area contributed by atoms with Crippen LogP contribution in [0.25, 0.3) is 0 Å². The van der Waals surface area contributed by atoms with Crippen LogP contribution >= 0.6 is 11.8 Å². The van der Waals surface area contributed by atoms with Crippen LogP contribution in [0.15, 0.2) is 52.4 Å². The first-order chi connectivity index (χ1) is 16.8. The first-order valence-electron chi connectivity index (χ1n) is 11.1. The third-order valence-electron chi connectivity index (χ3n) is 5.47. The molecule has 2 aromatic carbocycles. The molecule has 35 heavy (non-hydrogen) atoms. The third-order valence-corrected chi connectivity index (χ3v) is 6.41. The first-order valence-corrected chi connectivity index (χ1v) is 12.1. The molecule has 4 N–H and O–H groups in total. The molecule has 0 radical (unpaired) electrons. The quantitative estimate of drug-likeness (QED) is 0.307. The molecule has 3 aromatic rings. The summed E-state index contributed by atoms with van der Waals surface area (Å²) in [5.74, 6) is 0.275. The number of nitrogens with zero attached hydrogens (tertiary/aromatic N) is 1. The van der Waals surface area contributed by atoms with Crippen molar-refractivity contribution < 1.29 is 19.1 Å². The van der Waals surface area contributed by atoms with E-state index in [9.17, 15) is 14.4 Å². The molecular formula is C25H26N4O5S. The van der Waals surface area contributed by atoms with Crippen molar-refractivity contribution in [2.45, 2.75) is 37.1 Å². The van der Waals surface area contributed by atoms with Crippen molar-refractivity contribution in [2.75, 3.05) is 18.5 Å². The highest BCUT2D eigenvalue weighted by atomic mass is 32.2. The summed E-state index contributed by atoms with van der Waals surface area (Å²) in [7, 11) is 0. The number of aryl methyl sites for hydroxylation is 1. The topological polar surface area (TPSA) is 136 Å². The summed E-state index contributed by atoms with van der Waals surface area (Å²) in [4.78, 5) is 44.1. The number of H-pyrrole nitrogens is 1. The number of nitrogens with one attached hydrogen (secondary N) is 2. The molecule has 1 unspecified atom stereocenters. The number of aromatic amines is 1. The van der Waals surface area contributed by atoms with Gasteiger partial charge in [-0.2, -0.15) is 0 Å². The Hall–Kier alpha value is -3.79. The van der Waals surface area contributed by atoms with Crippen LogP contribution in [-0.4, -0.2) is 35.0 Å². The molecular weight excluding hydrogens is 468 g/mol. The summed E-state index contributed by atoms with van der Waals surface area (Å²) >= 11 is 1.39. The SMILES string of the molecule is CCOc1cc(C2CC(=O)Nc3nc(SCc4ccc(C)cc4)[nH]c(=O)c32)ccc1OCC(N)=O. The van der Waals surface area contributed by atoms with Crippen molar-refractivity contribution in [2.24, 2.45) is 5.73 Å². The van der Waals surface area contributed by atoms with E-state index in [-0.39, 0.29) is 30.3 Å². The van der Waals surface area contributed by atoms with E-state index >= 15 is 0 Å². The Morgan fingerprint density at radius 1 is 1.14 bits per heavy atom. The second-order valence-electron chi connectivity index (χ2n) is 8.11. The second kappa shape index (κ2) is 10.6. The normalized spacial score (nSPS) is 14.7. The van der Waals surface area contributed by atoms with Gasteiger partial charge in [0.05, 0.1) is 12.2 Å². The van der Waals surface area contributed by atoms with Gasteiger partial charge in [-0.1, -0.05) is 47.7 Å². The van der Waals surface area contributed by atoms with Gasteiger partial charge >= 0.3 is 0 Å². The maximum Gasteiger partial charge on any atom is 0.257 e. The largest absolute Gasteiger partial charge is 0.490 e. The van der Waals surface area contributed by atoms with Gasteiger partial charge < -0.3 is 25.5 Å². The van der Waals surface area contributed by atoms with E-state index in [2.05, 4.69) is 15.3 Å². The number of primary amides is 1. The van der Waals surface area contributed by atoms with Gasteiger partial charge in [-0.05, 0) is 37.1 Å². The molecule has 9 nitrogen and oxygen atoms in total. The molecule has 4 rings (SSSR count). The van der Waals surface area contributed by atoms with Crippen LogP contribution in [-0.2, 0) is 15.3 Å². The summed E-state index contributed by atoms with van der Waals surface area (Å²) < 4.78 is 11.1. The Balaban J connectivity index is 1.63. The standard InChI is InChI=1S/C25H26N4O5S/c1-3-33-19-10-16(8-9-18(19)34-12-20(26)30)17-11-21(31)27-23-22(17)24(32)29-25(28-23)35-13-15-6-4-14(2)5-7-15/h4-10,17H,3,11-13H2,1-2H3,(H2,26,30)(H2,27,28,29,31,32). The number of anilines is 1. The average Bonchev–Trinajstić information content (AvgIpc) is 2.82. The molecule has 2 heterocycles. The molecule has 0 spiro atoms. The van der Waals surface area contributed by atoms with Gasteiger partial charge in [0.15, 0.2) is 23.3 Å². The van der Waals surface area contributed by atoms with Crippen LogP contribution < -0.4 is 26.1 Å². The number of ether oxygens (including phenoxy) is 2. The lowest BCUT2D eigenvalue weighted by atomic mass is 9.86. The number of rotatable bonds is 9. The molecule has 1 aliphatic rings. The molecule has 0 saturated carbocycles. The number of hydrogen-bond acceptors (Lipinski definition) is 7. The molecule has 2 amide bonds. The van der Waals surface area contributed by atoms with Gasteiger partial charge in [-0.3, -0.25) is 14.4 Å². The Kier molecular flexibility index (Phi) is 7.40. The zero-order chi connectivity index (χ0) is 24.9. The molecule has 0 fully saturated rings. The molecule has 1 aliphatic heterocycles. The van der Waals surface area contributed by atoms with Crippen molar-refractivity contribution in [3.63, 3.8) is 0 Å². The van der Waals surface area contributed by atoms with E-state index in [1.54, 1.807) is 18.2 Å². The van der Waals surface area contributed by atoms with E-state index in [4.69, 9.17) is 15.2 Å². The van der Waals surface area contributed by atoms with Crippen molar-refractivity contribution in [1.29, 1.82) is 0 Å². The number of amides is 2. The highest BCUT2D eigenvalue weighted by Gasteiger charge is 2.31. The minimum absolute atomic E-state index is 0.0840. The van der Waals surface area contributed by atoms with Crippen LogP contribution in [0.2, 0.25) is 0 Å². The zero-order valence-corrected chi connectivity index (χ0v) is 20.2. The van der Waals surface area contributed by atoms with E-state index in [1.165, 1.54) is 17.3 Å². The van der Waals surface area contributed by atoms with Crippen LogP contribution in [0, 0.1) is 6.92 Å². The first kappa shape index (κ1) is 24.3. The summed E-state index contributed by atoms with van der Waals surface area (Å²) in [6, 6.07) is 13.2. The lowest BCUT2D eigenvalue weighted by Gasteiger charge is -2.25. The van der Waals surface area contributed by atoms with Gasteiger partial charge in [-0.15, -0.1) is 0 Å². The third kappa shape index (κ3) is 5.83. The number of thioether (sulfide) groups is 1. The maximum atomic E-state index is 13.1. The molecule has 1 atom stereocenters. The Morgan fingerprint density at radius 3 is 2.63 bits per heavy atom. The van der Waals surface area contributed by atoms with E-state index in [1.807, 2.05) is 38.1 Å². The van der Waals surface area contributed by atoms with Gasteiger partial charge in [0.1, 0.15) is 5.82 Å². The summed E-state index contributed by atoms with van der Waals surface area (Å²) in [5, 5.41) is 3.17. The monoisotopic (exact) mass is 494 g/mol. The van der Waals surface area contributed by atoms with Crippen LogP contribution in [0.5, 0.6) is 11.5 Å². The number of nitrogens with two attached hydrogens (primary N) is 1. The smallest absolute Gasteiger partial charge is 0.257 e. The number of carbonyl (C=O) groups excluding carboxylic acids is 2. The summed E-state index contributed by atoms with van der Waals surface area (Å²) in [6.45, 7) is 3.92.